The highest BCUT2D eigenvalue weighted by molar-refractivity contribution is 9.10. The maximum absolute atomic E-state index is 10.2. The minimum absolute atomic E-state index is 0.552. The lowest BCUT2D eigenvalue weighted by Crippen LogP contribution is -1.93. The molecule has 86 valence electrons. The van der Waals surface area contributed by atoms with Crippen LogP contribution in [0.5, 0.6) is 5.75 Å². The first-order valence-corrected chi connectivity index (χ1v) is 7.17. The van der Waals surface area contributed by atoms with Crippen LogP contribution < -0.4 is 4.74 Å². The lowest BCUT2D eigenvalue weighted by atomic mass is 10.2. The predicted molar refractivity (Wildman–Crippen MR) is 71.7 cm³/mol. The van der Waals surface area contributed by atoms with E-state index in [4.69, 9.17) is 4.74 Å². The average molecular weight is 319 g/mol. The maximum atomic E-state index is 10.2. The zero-order chi connectivity index (χ0) is 11.7. The highest BCUT2D eigenvalue weighted by atomic mass is 79.9. The molecule has 0 aromatic carbocycles. The molecule has 0 saturated heterocycles. The zero-order valence-corrected chi connectivity index (χ0v) is 12.1. The van der Waals surface area contributed by atoms with E-state index < -0.39 is 6.10 Å². The SMILES string of the molecule is COc1csc(C(O)c2cc(Br)c(C)s2)c1. The van der Waals surface area contributed by atoms with Gasteiger partial charge in [0.15, 0.2) is 0 Å². The summed E-state index contributed by atoms with van der Waals surface area (Å²) in [4.78, 5) is 3.04. The van der Waals surface area contributed by atoms with Crippen molar-refractivity contribution >= 4 is 38.6 Å². The van der Waals surface area contributed by atoms with Crippen molar-refractivity contribution in [3.63, 3.8) is 0 Å². The Kier molecular flexibility index (Phi) is 3.69. The van der Waals surface area contributed by atoms with Crippen LogP contribution in [0.25, 0.3) is 0 Å². The minimum atomic E-state index is -0.552. The van der Waals surface area contributed by atoms with E-state index in [-0.39, 0.29) is 0 Å². The molecule has 0 aliphatic carbocycles. The third kappa shape index (κ3) is 2.32. The van der Waals surface area contributed by atoms with Gasteiger partial charge in [-0.25, -0.2) is 0 Å². The monoisotopic (exact) mass is 318 g/mol. The van der Waals surface area contributed by atoms with Crippen LogP contribution in [-0.4, -0.2) is 12.2 Å². The van der Waals surface area contributed by atoms with Crippen molar-refractivity contribution in [1.82, 2.24) is 0 Å². The Balaban J connectivity index is 2.27. The molecule has 0 aliphatic heterocycles. The minimum Gasteiger partial charge on any atom is -0.496 e. The molecule has 2 aromatic rings. The fourth-order valence-electron chi connectivity index (χ4n) is 1.34. The van der Waals surface area contributed by atoms with E-state index in [1.807, 2.05) is 24.4 Å². The standard InChI is InChI=1S/C11H11BrO2S2/c1-6-8(12)4-10(16-6)11(13)9-3-7(14-2)5-15-9/h3-5,11,13H,1-2H3. The summed E-state index contributed by atoms with van der Waals surface area (Å²) in [7, 11) is 1.63. The molecule has 1 unspecified atom stereocenters. The second-order valence-corrected chi connectivity index (χ2v) is 6.43. The van der Waals surface area contributed by atoms with Gasteiger partial charge in [0.1, 0.15) is 11.9 Å². The molecule has 0 bridgehead atoms. The van der Waals surface area contributed by atoms with Gasteiger partial charge in [0.05, 0.1) is 7.11 Å². The van der Waals surface area contributed by atoms with E-state index in [0.29, 0.717) is 0 Å². The Bertz CT molecular complexity index is 470. The van der Waals surface area contributed by atoms with Gasteiger partial charge in [0, 0.05) is 24.5 Å². The second kappa shape index (κ2) is 4.87. The fraction of sp³-hybridized carbons (Fsp3) is 0.273. The Labute approximate surface area is 111 Å². The van der Waals surface area contributed by atoms with Crippen LogP contribution in [0.3, 0.4) is 0 Å². The molecule has 2 aromatic heterocycles. The van der Waals surface area contributed by atoms with Crippen molar-refractivity contribution in [2.24, 2.45) is 0 Å². The summed E-state index contributed by atoms with van der Waals surface area (Å²) < 4.78 is 6.15. The molecule has 0 amide bonds. The number of methoxy groups -OCH3 is 1. The molecule has 2 nitrogen and oxygen atoms in total. The van der Waals surface area contributed by atoms with Gasteiger partial charge in [-0.15, -0.1) is 22.7 Å². The lowest BCUT2D eigenvalue weighted by Gasteiger charge is -2.04. The fourth-order valence-corrected chi connectivity index (χ4v) is 3.84. The van der Waals surface area contributed by atoms with Gasteiger partial charge >= 0.3 is 0 Å². The van der Waals surface area contributed by atoms with Crippen LogP contribution >= 0.6 is 38.6 Å². The lowest BCUT2D eigenvalue weighted by molar-refractivity contribution is 0.227. The van der Waals surface area contributed by atoms with Gasteiger partial charge in [-0.3, -0.25) is 0 Å². The third-order valence-electron chi connectivity index (χ3n) is 2.25. The van der Waals surface area contributed by atoms with Crippen LogP contribution in [-0.2, 0) is 0 Å². The summed E-state index contributed by atoms with van der Waals surface area (Å²) in [5, 5.41) is 12.1. The van der Waals surface area contributed by atoms with E-state index in [9.17, 15) is 5.11 Å². The molecule has 5 heteroatoms. The molecule has 2 rings (SSSR count). The predicted octanol–water partition coefficient (Wildman–Crippen LogP) is 3.97. The van der Waals surface area contributed by atoms with Gasteiger partial charge in [-0.2, -0.15) is 0 Å². The first-order chi connectivity index (χ1) is 7.61. The van der Waals surface area contributed by atoms with Crippen LogP contribution in [0, 0.1) is 6.92 Å². The van der Waals surface area contributed by atoms with E-state index >= 15 is 0 Å². The Hall–Kier alpha value is -0.360. The molecule has 1 atom stereocenters. The molecule has 16 heavy (non-hydrogen) atoms. The largest absolute Gasteiger partial charge is 0.496 e. The number of hydrogen-bond acceptors (Lipinski definition) is 4. The van der Waals surface area contributed by atoms with Crippen LogP contribution in [0.4, 0.5) is 0 Å². The van der Waals surface area contributed by atoms with Crippen LogP contribution in [0.2, 0.25) is 0 Å². The summed E-state index contributed by atoms with van der Waals surface area (Å²) >= 11 is 6.57. The van der Waals surface area contributed by atoms with E-state index in [1.165, 1.54) is 16.2 Å². The van der Waals surface area contributed by atoms with Crippen molar-refractivity contribution in [2.75, 3.05) is 7.11 Å². The molecular weight excluding hydrogens is 308 g/mol. The Morgan fingerprint density at radius 1 is 1.38 bits per heavy atom. The zero-order valence-electron chi connectivity index (χ0n) is 8.86. The van der Waals surface area contributed by atoms with Crippen LogP contribution in [0.1, 0.15) is 20.7 Å². The molecular formula is C11H11BrO2S2. The molecule has 2 heterocycles. The van der Waals surface area contributed by atoms with Crippen LogP contribution in [0.15, 0.2) is 22.0 Å². The topological polar surface area (TPSA) is 29.5 Å². The number of aliphatic hydroxyl groups excluding tert-OH is 1. The average Bonchev–Trinajstić information content (AvgIpc) is 2.86. The van der Waals surface area contributed by atoms with Gasteiger partial charge in [-0.05, 0) is 35.0 Å². The number of thiophene rings is 2. The van der Waals surface area contributed by atoms with Gasteiger partial charge in [0.25, 0.3) is 0 Å². The molecule has 0 aliphatic rings. The van der Waals surface area contributed by atoms with Gasteiger partial charge in [0.2, 0.25) is 0 Å². The molecule has 0 saturated carbocycles. The third-order valence-corrected chi connectivity index (χ3v) is 5.40. The number of halogens is 1. The Morgan fingerprint density at radius 3 is 2.62 bits per heavy atom. The quantitative estimate of drug-likeness (QED) is 0.927. The molecule has 1 N–H and O–H groups in total. The summed E-state index contributed by atoms with van der Waals surface area (Å²) in [5.74, 6) is 0.798. The first-order valence-electron chi connectivity index (χ1n) is 4.68. The van der Waals surface area contributed by atoms with Gasteiger partial charge < -0.3 is 9.84 Å². The number of aryl methyl sites for hydroxylation is 1. The van der Waals surface area contributed by atoms with Crippen molar-refractivity contribution in [3.05, 3.63) is 36.6 Å². The summed E-state index contributed by atoms with van der Waals surface area (Å²) in [6, 6.07) is 3.84. The van der Waals surface area contributed by atoms with Gasteiger partial charge in [-0.1, -0.05) is 0 Å². The number of ether oxygens (including phenoxy) is 1. The van der Waals surface area contributed by atoms with Crippen molar-refractivity contribution < 1.29 is 9.84 Å². The highest BCUT2D eigenvalue weighted by Crippen LogP contribution is 2.36. The van der Waals surface area contributed by atoms with E-state index in [2.05, 4.69) is 15.9 Å². The van der Waals surface area contributed by atoms with Crippen molar-refractivity contribution in [2.45, 2.75) is 13.0 Å². The Morgan fingerprint density at radius 2 is 2.12 bits per heavy atom. The number of rotatable bonds is 3. The van der Waals surface area contributed by atoms with Crippen molar-refractivity contribution in [1.29, 1.82) is 0 Å². The van der Waals surface area contributed by atoms with E-state index in [1.54, 1.807) is 18.4 Å². The number of aliphatic hydroxyl groups is 1. The molecule has 0 radical (unpaired) electrons. The normalized spacial score (nSPS) is 12.8. The number of hydrogen-bond donors (Lipinski definition) is 1. The van der Waals surface area contributed by atoms with Crippen molar-refractivity contribution in [3.8, 4) is 5.75 Å². The summed E-state index contributed by atoms with van der Waals surface area (Å²) in [6.45, 7) is 2.03. The smallest absolute Gasteiger partial charge is 0.129 e. The first kappa shape index (κ1) is 12.1. The van der Waals surface area contributed by atoms with E-state index in [0.717, 1.165) is 20.0 Å². The second-order valence-electron chi connectivity index (χ2n) is 3.34. The highest BCUT2D eigenvalue weighted by Gasteiger charge is 2.16. The summed E-state index contributed by atoms with van der Waals surface area (Å²) in [5.41, 5.74) is 0. The molecule has 0 fully saturated rings. The molecule has 0 spiro atoms. The summed E-state index contributed by atoms with van der Waals surface area (Å²) in [6.07, 6.45) is -0.552. The maximum Gasteiger partial charge on any atom is 0.129 e.